The van der Waals surface area contributed by atoms with Crippen LogP contribution >= 0.6 is 11.6 Å². The molecule has 1 fully saturated rings. The second kappa shape index (κ2) is 10.1. The number of alkyl carbamates (subject to hydrolysis) is 1. The van der Waals surface area contributed by atoms with Gasteiger partial charge in [0.1, 0.15) is 18.2 Å². The van der Waals surface area contributed by atoms with Crippen molar-refractivity contribution < 1.29 is 18.7 Å². The molecule has 152 valence electrons. The third-order valence-electron chi connectivity index (χ3n) is 4.47. The molecule has 0 heterocycles. The smallest absolute Gasteiger partial charge is 0.407 e. The number of halogens is 2. The third kappa shape index (κ3) is 8.35. The summed E-state index contributed by atoms with van der Waals surface area (Å²) in [6, 6.07) is 4.88. The number of carbonyl (C=O) groups excluding carboxylic acids is 1. The van der Waals surface area contributed by atoms with Gasteiger partial charge in [-0.3, -0.25) is 0 Å². The highest BCUT2D eigenvalue weighted by atomic mass is 35.5. The van der Waals surface area contributed by atoms with Gasteiger partial charge in [0, 0.05) is 24.2 Å². The zero-order valence-electron chi connectivity index (χ0n) is 16.3. The molecule has 0 unspecified atom stereocenters. The number of amides is 1. The van der Waals surface area contributed by atoms with Crippen LogP contribution in [-0.4, -0.2) is 37.4 Å². The van der Waals surface area contributed by atoms with Gasteiger partial charge in [-0.15, -0.1) is 0 Å². The fourth-order valence-electron chi connectivity index (χ4n) is 3.07. The zero-order chi connectivity index (χ0) is 19.9. The first-order valence-corrected chi connectivity index (χ1v) is 9.87. The van der Waals surface area contributed by atoms with Gasteiger partial charge in [-0.2, -0.15) is 0 Å². The largest absolute Gasteiger partial charge is 0.492 e. The number of hydrogen-bond acceptors (Lipinski definition) is 4. The van der Waals surface area contributed by atoms with Crippen molar-refractivity contribution >= 4 is 17.7 Å². The van der Waals surface area contributed by atoms with Gasteiger partial charge >= 0.3 is 6.09 Å². The molecule has 2 N–H and O–H groups in total. The minimum Gasteiger partial charge on any atom is -0.492 e. The fourth-order valence-corrected chi connectivity index (χ4v) is 3.19. The van der Waals surface area contributed by atoms with E-state index in [0.29, 0.717) is 37.5 Å². The van der Waals surface area contributed by atoms with Gasteiger partial charge in [-0.1, -0.05) is 11.6 Å². The lowest BCUT2D eigenvalue weighted by atomic mass is 9.86. The SMILES string of the molecule is CC(C)(C)NC(=O)OCC1CCC(NCCOc2ccc(Cl)c(F)c2)CC1. The van der Waals surface area contributed by atoms with Crippen LogP contribution in [0.5, 0.6) is 5.75 Å². The molecule has 1 aromatic rings. The van der Waals surface area contributed by atoms with Gasteiger partial charge < -0.3 is 20.1 Å². The Hall–Kier alpha value is -1.53. The Morgan fingerprint density at radius 3 is 2.59 bits per heavy atom. The molecule has 1 saturated carbocycles. The van der Waals surface area contributed by atoms with Crippen LogP contribution in [-0.2, 0) is 4.74 Å². The molecule has 27 heavy (non-hydrogen) atoms. The number of ether oxygens (including phenoxy) is 2. The van der Waals surface area contributed by atoms with E-state index in [4.69, 9.17) is 21.1 Å². The summed E-state index contributed by atoms with van der Waals surface area (Å²) in [5.74, 6) is 0.425. The summed E-state index contributed by atoms with van der Waals surface area (Å²) in [6.07, 6.45) is 3.81. The summed E-state index contributed by atoms with van der Waals surface area (Å²) < 4.78 is 24.2. The molecule has 1 aliphatic rings. The van der Waals surface area contributed by atoms with Crippen molar-refractivity contribution in [2.75, 3.05) is 19.8 Å². The van der Waals surface area contributed by atoms with E-state index in [1.54, 1.807) is 6.07 Å². The van der Waals surface area contributed by atoms with Gasteiger partial charge in [0.2, 0.25) is 0 Å². The van der Waals surface area contributed by atoms with Crippen LogP contribution in [0.1, 0.15) is 46.5 Å². The minimum absolute atomic E-state index is 0.0945. The van der Waals surface area contributed by atoms with Crippen LogP contribution in [0.2, 0.25) is 5.02 Å². The first-order valence-electron chi connectivity index (χ1n) is 9.49. The Balaban J connectivity index is 1.56. The van der Waals surface area contributed by atoms with E-state index in [0.717, 1.165) is 25.7 Å². The van der Waals surface area contributed by atoms with Gasteiger partial charge in [0.25, 0.3) is 0 Å². The molecule has 0 aromatic heterocycles. The highest BCUT2D eigenvalue weighted by Crippen LogP contribution is 2.25. The lowest BCUT2D eigenvalue weighted by molar-refractivity contribution is 0.105. The Morgan fingerprint density at radius 2 is 1.96 bits per heavy atom. The standard InChI is InChI=1S/C20H30ClFN2O3/c1-20(2,3)24-19(25)27-13-14-4-6-15(7-5-14)23-10-11-26-16-8-9-17(21)18(22)12-16/h8-9,12,14-15,23H,4-7,10-11,13H2,1-3H3,(H,24,25). The quantitative estimate of drug-likeness (QED) is 0.660. The molecule has 0 bridgehead atoms. The molecule has 7 heteroatoms. The normalized spacial score (nSPS) is 20.2. The van der Waals surface area contributed by atoms with E-state index in [1.165, 1.54) is 12.1 Å². The Bertz CT molecular complexity index is 614. The van der Waals surface area contributed by atoms with Crippen molar-refractivity contribution in [3.8, 4) is 5.75 Å². The highest BCUT2D eigenvalue weighted by molar-refractivity contribution is 6.30. The highest BCUT2D eigenvalue weighted by Gasteiger charge is 2.22. The van der Waals surface area contributed by atoms with E-state index in [9.17, 15) is 9.18 Å². The Kier molecular flexibility index (Phi) is 8.17. The average Bonchev–Trinajstić information content (AvgIpc) is 2.59. The average molecular weight is 401 g/mol. The second-order valence-corrected chi connectivity index (χ2v) is 8.48. The van der Waals surface area contributed by atoms with E-state index < -0.39 is 5.82 Å². The first-order chi connectivity index (χ1) is 12.7. The van der Waals surface area contributed by atoms with Gasteiger partial charge in [-0.05, 0) is 64.5 Å². The molecular weight excluding hydrogens is 371 g/mol. The fraction of sp³-hybridized carbons (Fsp3) is 0.650. The predicted octanol–water partition coefficient (Wildman–Crippen LogP) is 4.53. The molecule has 1 amide bonds. The number of nitrogens with one attached hydrogen (secondary N) is 2. The van der Waals surface area contributed by atoms with Crippen LogP contribution in [0.25, 0.3) is 0 Å². The van der Waals surface area contributed by atoms with Gasteiger partial charge in [-0.25, -0.2) is 9.18 Å². The molecule has 2 rings (SSSR count). The van der Waals surface area contributed by atoms with Crippen LogP contribution in [0, 0.1) is 11.7 Å². The van der Waals surface area contributed by atoms with Crippen LogP contribution in [0.3, 0.4) is 0 Å². The summed E-state index contributed by atoms with van der Waals surface area (Å²) in [5, 5.41) is 6.37. The maximum atomic E-state index is 13.3. The van der Waals surface area contributed by atoms with Crippen molar-refractivity contribution in [2.24, 2.45) is 5.92 Å². The molecule has 5 nitrogen and oxygen atoms in total. The van der Waals surface area contributed by atoms with Crippen LogP contribution in [0.15, 0.2) is 18.2 Å². The summed E-state index contributed by atoms with van der Waals surface area (Å²) >= 11 is 5.65. The van der Waals surface area contributed by atoms with E-state index in [-0.39, 0.29) is 16.7 Å². The predicted molar refractivity (Wildman–Crippen MR) is 105 cm³/mol. The first kappa shape index (κ1) is 21.8. The van der Waals surface area contributed by atoms with Crippen molar-refractivity contribution in [3.63, 3.8) is 0 Å². The van der Waals surface area contributed by atoms with Crippen molar-refractivity contribution in [1.29, 1.82) is 0 Å². The summed E-state index contributed by atoms with van der Waals surface area (Å²) in [5.41, 5.74) is -0.279. The zero-order valence-corrected chi connectivity index (χ0v) is 17.1. The van der Waals surface area contributed by atoms with Crippen molar-refractivity contribution in [3.05, 3.63) is 29.0 Å². The van der Waals surface area contributed by atoms with E-state index in [1.807, 2.05) is 20.8 Å². The summed E-state index contributed by atoms with van der Waals surface area (Å²) in [7, 11) is 0. The maximum Gasteiger partial charge on any atom is 0.407 e. The number of rotatable bonds is 7. The molecule has 0 saturated heterocycles. The molecular formula is C20H30ClFN2O3. The Labute approximate surface area is 165 Å². The maximum absolute atomic E-state index is 13.3. The third-order valence-corrected chi connectivity index (χ3v) is 4.78. The summed E-state index contributed by atoms with van der Waals surface area (Å²) in [4.78, 5) is 11.7. The number of carbonyl (C=O) groups is 1. The van der Waals surface area contributed by atoms with Gasteiger partial charge in [0.05, 0.1) is 11.6 Å². The van der Waals surface area contributed by atoms with Crippen LogP contribution < -0.4 is 15.4 Å². The summed E-state index contributed by atoms with van der Waals surface area (Å²) in [6.45, 7) is 7.43. The van der Waals surface area contributed by atoms with E-state index >= 15 is 0 Å². The monoisotopic (exact) mass is 400 g/mol. The van der Waals surface area contributed by atoms with E-state index in [2.05, 4.69) is 10.6 Å². The van der Waals surface area contributed by atoms with Crippen molar-refractivity contribution in [2.45, 2.75) is 58.0 Å². The van der Waals surface area contributed by atoms with Crippen molar-refractivity contribution in [1.82, 2.24) is 10.6 Å². The van der Waals surface area contributed by atoms with Gasteiger partial charge in [0.15, 0.2) is 0 Å². The van der Waals surface area contributed by atoms with Crippen LogP contribution in [0.4, 0.5) is 9.18 Å². The molecule has 0 aliphatic heterocycles. The molecule has 0 radical (unpaired) electrons. The second-order valence-electron chi connectivity index (χ2n) is 8.07. The number of hydrogen-bond donors (Lipinski definition) is 2. The molecule has 1 aromatic carbocycles. The molecule has 0 spiro atoms. The number of benzene rings is 1. The topological polar surface area (TPSA) is 59.6 Å². The minimum atomic E-state index is -0.473. The lowest BCUT2D eigenvalue weighted by Gasteiger charge is -2.29. The molecule has 0 atom stereocenters. The lowest BCUT2D eigenvalue weighted by Crippen LogP contribution is -2.42. The molecule has 1 aliphatic carbocycles. The Morgan fingerprint density at radius 1 is 1.26 bits per heavy atom.